The minimum Gasteiger partial charge on any atom is -0.348 e. The molecule has 3 rings (SSSR count). The van der Waals surface area contributed by atoms with E-state index in [1.54, 1.807) is 36.4 Å². The van der Waals surface area contributed by atoms with E-state index in [0.29, 0.717) is 23.5 Å². The first-order chi connectivity index (χ1) is 12.8. The maximum Gasteiger partial charge on any atom is 0.251 e. The second-order valence-corrected chi connectivity index (χ2v) is 8.62. The maximum atomic E-state index is 12.4. The summed E-state index contributed by atoms with van der Waals surface area (Å²) in [6.07, 6.45) is 1.94. The number of benzene rings is 1. The molecule has 0 aliphatic carbocycles. The van der Waals surface area contributed by atoms with Crippen molar-refractivity contribution in [2.24, 2.45) is 0 Å². The number of nitrogens with zero attached hydrogens (tertiary/aromatic N) is 1. The maximum absolute atomic E-state index is 12.4. The average Bonchev–Trinajstić information content (AvgIpc) is 2.95. The third-order valence-corrected chi connectivity index (χ3v) is 5.84. The lowest BCUT2D eigenvalue weighted by Crippen LogP contribution is -2.35. The van der Waals surface area contributed by atoms with E-state index in [9.17, 15) is 18.0 Å². The van der Waals surface area contributed by atoms with Gasteiger partial charge in [-0.1, -0.05) is 0 Å². The molecular formula is C18H20N4O4S. The van der Waals surface area contributed by atoms with E-state index in [0.717, 1.165) is 5.69 Å². The number of aromatic nitrogens is 1. The van der Waals surface area contributed by atoms with Crippen LogP contribution in [0.2, 0.25) is 0 Å². The average molecular weight is 388 g/mol. The Labute approximate surface area is 157 Å². The summed E-state index contributed by atoms with van der Waals surface area (Å²) >= 11 is 0. The molecule has 8 nitrogen and oxygen atoms in total. The Morgan fingerprint density at radius 3 is 2.44 bits per heavy atom. The summed E-state index contributed by atoms with van der Waals surface area (Å²) in [6.45, 7) is 1.44. The van der Waals surface area contributed by atoms with Crippen molar-refractivity contribution in [1.29, 1.82) is 0 Å². The normalized spacial score (nSPS) is 17.9. The molecule has 1 atom stereocenters. The van der Waals surface area contributed by atoms with Crippen LogP contribution < -0.4 is 16.0 Å². The molecule has 1 unspecified atom stereocenters. The minimum absolute atomic E-state index is 0.0183. The highest BCUT2D eigenvalue weighted by Crippen LogP contribution is 2.19. The highest BCUT2D eigenvalue weighted by Gasteiger charge is 2.29. The number of sulfone groups is 1. The molecule has 1 aliphatic heterocycles. The molecule has 2 amide bonds. The van der Waals surface area contributed by atoms with Crippen molar-refractivity contribution < 1.29 is 18.0 Å². The van der Waals surface area contributed by atoms with Gasteiger partial charge in [0.1, 0.15) is 5.82 Å². The zero-order valence-electron chi connectivity index (χ0n) is 14.7. The van der Waals surface area contributed by atoms with E-state index in [4.69, 9.17) is 0 Å². The van der Waals surface area contributed by atoms with Crippen molar-refractivity contribution in [2.75, 3.05) is 22.1 Å². The molecule has 1 fully saturated rings. The number of hydrogen-bond acceptors (Lipinski definition) is 6. The minimum atomic E-state index is -3.05. The molecule has 3 N–H and O–H groups in total. The van der Waals surface area contributed by atoms with E-state index in [1.807, 2.05) is 0 Å². The van der Waals surface area contributed by atoms with Crippen LogP contribution in [0, 0.1) is 0 Å². The topological polar surface area (TPSA) is 117 Å². The molecule has 2 aromatic rings. The molecule has 0 bridgehead atoms. The van der Waals surface area contributed by atoms with Gasteiger partial charge in [-0.25, -0.2) is 13.4 Å². The summed E-state index contributed by atoms with van der Waals surface area (Å²) in [7, 11) is -3.05. The first-order valence-corrected chi connectivity index (χ1v) is 10.2. The number of hydrogen-bond donors (Lipinski definition) is 3. The number of carbonyl (C=O) groups is 2. The standard InChI is InChI=1S/C18H20N4O4S/c1-12(23)20-14-2-4-15(5-3-14)21-17-10-13(6-8-19-17)18(24)22-16-7-9-27(25,26)11-16/h2-6,8,10,16H,7,9,11H2,1H3,(H,19,21)(H,20,23)(H,22,24). The van der Waals surface area contributed by atoms with Crippen molar-refractivity contribution in [1.82, 2.24) is 10.3 Å². The van der Waals surface area contributed by atoms with Gasteiger partial charge >= 0.3 is 0 Å². The van der Waals surface area contributed by atoms with E-state index in [-0.39, 0.29) is 29.4 Å². The van der Waals surface area contributed by atoms with Crippen LogP contribution in [0.5, 0.6) is 0 Å². The fraction of sp³-hybridized carbons (Fsp3) is 0.278. The van der Waals surface area contributed by atoms with Gasteiger partial charge in [-0.2, -0.15) is 0 Å². The van der Waals surface area contributed by atoms with Gasteiger partial charge in [0.25, 0.3) is 5.91 Å². The van der Waals surface area contributed by atoms with Crippen molar-refractivity contribution >= 4 is 38.8 Å². The summed E-state index contributed by atoms with van der Waals surface area (Å²) < 4.78 is 23.0. The Kier molecular flexibility index (Phi) is 5.41. The largest absolute Gasteiger partial charge is 0.348 e. The monoisotopic (exact) mass is 388 g/mol. The third kappa shape index (κ3) is 5.27. The van der Waals surface area contributed by atoms with E-state index in [1.165, 1.54) is 13.1 Å². The highest BCUT2D eigenvalue weighted by atomic mass is 32.2. The molecule has 27 heavy (non-hydrogen) atoms. The molecule has 0 spiro atoms. The van der Waals surface area contributed by atoms with Crippen LogP contribution in [0.1, 0.15) is 23.7 Å². The van der Waals surface area contributed by atoms with Gasteiger partial charge in [-0.05, 0) is 42.8 Å². The summed E-state index contributed by atoms with van der Waals surface area (Å²) in [5, 5.41) is 8.52. The molecule has 1 aliphatic rings. The Hall–Kier alpha value is -2.94. The quantitative estimate of drug-likeness (QED) is 0.718. The molecule has 1 aromatic heterocycles. The summed E-state index contributed by atoms with van der Waals surface area (Å²) in [6, 6.07) is 9.88. The van der Waals surface area contributed by atoms with Crippen LogP contribution in [-0.2, 0) is 14.6 Å². The van der Waals surface area contributed by atoms with Gasteiger partial charge in [0.15, 0.2) is 9.84 Å². The molecule has 0 radical (unpaired) electrons. The SMILES string of the molecule is CC(=O)Nc1ccc(Nc2cc(C(=O)NC3CCS(=O)(=O)C3)ccn2)cc1. The lowest BCUT2D eigenvalue weighted by molar-refractivity contribution is -0.114. The predicted molar refractivity (Wildman–Crippen MR) is 103 cm³/mol. The Morgan fingerprint density at radius 1 is 1.11 bits per heavy atom. The van der Waals surface area contributed by atoms with Crippen molar-refractivity contribution in [3.63, 3.8) is 0 Å². The van der Waals surface area contributed by atoms with Crippen molar-refractivity contribution in [3.05, 3.63) is 48.2 Å². The smallest absolute Gasteiger partial charge is 0.251 e. The van der Waals surface area contributed by atoms with Crippen molar-refractivity contribution in [3.8, 4) is 0 Å². The van der Waals surface area contributed by atoms with Crippen LogP contribution >= 0.6 is 0 Å². The lowest BCUT2D eigenvalue weighted by Gasteiger charge is -2.12. The van der Waals surface area contributed by atoms with Gasteiger partial charge in [0.2, 0.25) is 5.91 Å². The predicted octanol–water partition coefficient (Wildman–Crippen LogP) is 1.70. The first-order valence-electron chi connectivity index (χ1n) is 8.43. The molecule has 0 saturated carbocycles. The summed E-state index contributed by atoms with van der Waals surface area (Å²) in [4.78, 5) is 27.6. The van der Waals surface area contributed by atoms with E-state index < -0.39 is 9.84 Å². The first kappa shape index (κ1) is 18.8. The molecule has 9 heteroatoms. The zero-order valence-corrected chi connectivity index (χ0v) is 15.5. The van der Waals surface area contributed by atoms with E-state index >= 15 is 0 Å². The fourth-order valence-electron chi connectivity index (χ4n) is 2.81. The number of carbonyl (C=O) groups excluding carboxylic acids is 2. The molecule has 142 valence electrons. The van der Waals surface area contributed by atoms with Crippen LogP contribution in [0.15, 0.2) is 42.6 Å². The third-order valence-electron chi connectivity index (χ3n) is 4.07. The van der Waals surface area contributed by atoms with Crippen LogP contribution in [0.25, 0.3) is 0 Å². The lowest BCUT2D eigenvalue weighted by atomic mass is 10.2. The van der Waals surface area contributed by atoms with Gasteiger partial charge in [0.05, 0.1) is 11.5 Å². The second kappa shape index (κ2) is 7.75. The molecule has 1 aromatic carbocycles. The van der Waals surface area contributed by atoms with Gasteiger partial charge in [0, 0.05) is 36.1 Å². The molecule has 2 heterocycles. The van der Waals surface area contributed by atoms with E-state index in [2.05, 4.69) is 20.9 Å². The molecule has 1 saturated heterocycles. The van der Waals surface area contributed by atoms with Crippen LogP contribution in [0.4, 0.5) is 17.2 Å². The van der Waals surface area contributed by atoms with Gasteiger partial charge in [-0.15, -0.1) is 0 Å². The number of anilines is 3. The number of rotatable bonds is 5. The number of nitrogens with one attached hydrogen (secondary N) is 3. The summed E-state index contributed by atoms with van der Waals surface area (Å²) in [5.74, 6) is 0.0919. The van der Waals surface area contributed by atoms with Crippen molar-refractivity contribution in [2.45, 2.75) is 19.4 Å². The zero-order chi connectivity index (χ0) is 19.4. The van der Waals surface area contributed by atoms with Crippen LogP contribution in [-0.4, -0.2) is 42.8 Å². The number of amides is 2. The number of pyridine rings is 1. The van der Waals surface area contributed by atoms with Gasteiger partial charge < -0.3 is 16.0 Å². The van der Waals surface area contributed by atoms with Crippen LogP contribution in [0.3, 0.4) is 0 Å². The molecular weight excluding hydrogens is 368 g/mol. The summed E-state index contributed by atoms with van der Waals surface area (Å²) in [5.41, 5.74) is 1.82. The Balaban J connectivity index is 1.64. The highest BCUT2D eigenvalue weighted by molar-refractivity contribution is 7.91. The Bertz CT molecular complexity index is 958. The van der Waals surface area contributed by atoms with Gasteiger partial charge in [-0.3, -0.25) is 9.59 Å². The fourth-order valence-corrected chi connectivity index (χ4v) is 4.48. The Morgan fingerprint density at radius 2 is 1.81 bits per heavy atom. The second-order valence-electron chi connectivity index (χ2n) is 6.39.